The molecule has 0 unspecified atom stereocenters. The summed E-state index contributed by atoms with van der Waals surface area (Å²) in [6.45, 7) is 8.77. The maximum atomic E-state index is 11.3. The molecule has 0 saturated carbocycles. The molecule has 6 nitrogen and oxygen atoms in total. The van der Waals surface area contributed by atoms with Crippen molar-refractivity contribution in [2.75, 3.05) is 18.5 Å². The van der Waals surface area contributed by atoms with Crippen LogP contribution in [0.15, 0.2) is 37.4 Å². The van der Waals surface area contributed by atoms with Gasteiger partial charge < -0.3 is 19.9 Å². The molecule has 0 fully saturated rings. The van der Waals surface area contributed by atoms with Gasteiger partial charge in [0, 0.05) is 19.1 Å². The van der Waals surface area contributed by atoms with E-state index in [0.717, 1.165) is 0 Å². The van der Waals surface area contributed by atoms with Gasteiger partial charge in [0.25, 0.3) is 0 Å². The Balaban J connectivity index is 3.29. The van der Waals surface area contributed by atoms with Gasteiger partial charge in [0.15, 0.2) is 11.5 Å². The molecule has 21 heavy (non-hydrogen) atoms. The fourth-order valence-corrected chi connectivity index (χ4v) is 1.55. The quantitative estimate of drug-likeness (QED) is 0.719. The van der Waals surface area contributed by atoms with Gasteiger partial charge in [-0.05, 0) is 0 Å². The number of hydrogen-bond acceptors (Lipinski definition) is 4. The molecule has 0 atom stereocenters. The molecule has 1 amide bonds. The average Bonchev–Trinajstić information content (AvgIpc) is 2.42. The molecule has 112 valence electrons. The Bertz CT molecular complexity index is 565. The van der Waals surface area contributed by atoms with Gasteiger partial charge in [-0.2, -0.15) is 0 Å². The lowest BCUT2D eigenvalue weighted by molar-refractivity contribution is -0.114. The van der Waals surface area contributed by atoms with E-state index >= 15 is 0 Å². The number of ether oxygens (including phenoxy) is 2. The number of amides is 1. The van der Waals surface area contributed by atoms with Crippen LogP contribution in [-0.4, -0.2) is 30.2 Å². The molecule has 0 bridgehead atoms. The lowest BCUT2D eigenvalue weighted by Crippen LogP contribution is -2.12. The number of carboxylic acids is 1. The summed E-state index contributed by atoms with van der Waals surface area (Å²) in [6.07, 6.45) is 3.07. The Hall–Kier alpha value is -2.76. The number of rotatable bonds is 8. The van der Waals surface area contributed by atoms with Gasteiger partial charge in [-0.15, -0.1) is 0 Å². The highest BCUT2D eigenvalue weighted by molar-refractivity contribution is 6.00. The van der Waals surface area contributed by atoms with E-state index < -0.39 is 5.97 Å². The summed E-state index contributed by atoms with van der Waals surface area (Å²) in [5.74, 6) is -1.00. The zero-order chi connectivity index (χ0) is 15.8. The first-order valence-electron chi connectivity index (χ1n) is 6.16. The SMILES string of the molecule is C=CCOc1cc(NC(C)=O)c(C(=O)O)cc1OCC=C. The van der Waals surface area contributed by atoms with Crippen LogP contribution in [0.4, 0.5) is 5.69 Å². The molecule has 1 rings (SSSR count). The average molecular weight is 291 g/mol. The minimum absolute atomic E-state index is 0.0878. The van der Waals surface area contributed by atoms with Crippen LogP contribution in [0.2, 0.25) is 0 Å². The van der Waals surface area contributed by atoms with E-state index in [1.54, 1.807) is 6.08 Å². The highest BCUT2D eigenvalue weighted by atomic mass is 16.5. The van der Waals surface area contributed by atoms with Gasteiger partial charge in [0.05, 0.1) is 11.3 Å². The Labute approximate surface area is 122 Å². The molecule has 0 aliphatic rings. The van der Waals surface area contributed by atoms with E-state index in [1.807, 2.05) is 0 Å². The number of nitrogens with one attached hydrogen (secondary N) is 1. The van der Waals surface area contributed by atoms with Crippen molar-refractivity contribution in [1.82, 2.24) is 0 Å². The lowest BCUT2D eigenvalue weighted by Gasteiger charge is -2.15. The third-order valence-corrected chi connectivity index (χ3v) is 2.34. The smallest absolute Gasteiger partial charge is 0.337 e. The fourth-order valence-electron chi connectivity index (χ4n) is 1.55. The lowest BCUT2D eigenvalue weighted by atomic mass is 10.1. The molecule has 0 radical (unpaired) electrons. The highest BCUT2D eigenvalue weighted by Crippen LogP contribution is 2.34. The first-order valence-corrected chi connectivity index (χ1v) is 6.16. The summed E-state index contributed by atoms with van der Waals surface area (Å²) in [4.78, 5) is 22.4. The summed E-state index contributed by atoms with van der Waals surface area (Å²) in [7, 11) is 0. The summed E-state index contributed by atoms with van der Waals surface area (Å²) < 4.78 is 10.8. The Kier molecular flexibility index (Phi) is 6.00. The number of carboxylic acid groups (broad SMARTS) is 1. The molecule has 0 aliphatic carbocycles. The molecule has 0 heterocycles. The molecule has 1 aromatic carbocycles. The van der Waals surface area contributed by atoms with Gasteiger partial charge in [-0.3, -0.25) is 4.79 Å². The molecular formula is C15H17NO5. The van der Waals surface area contributed by atoms with Crippen molar-refractivity contribution in [1.29, 1.82) is 0 Å². The van der Waals surface area contributed by atoms with Crippen LogP contribution >= 0.6 is 0 Å². The fraction of sp³-hybridized carbons (Fsp3) is 0.200. The Morgan fingerprint density at radius 3 is 2.14 bits per heavy atom. The number of hydrogen-bond donors (Lipinski definition) is 2. The molecule has 0 aliphatic heterocycles. The summed E-state index contributed by atoms with van der Waals surface area (Å²) in [6, 6.07) is 2.71. The van der Waals surface area contributed by atoms with Crippen molar-refractivity contribution in [3.05, 3.63) is 43.0 Å². The van der Waals surface area contributed by atoms with Crippen LogP contribution in [0.25, 0.3) is 0 Å². The van der Waals surface area contributed by atoms with Crippen LogP contribution in [-0.2, 0) is 4.79 Å². The second-order valence-electron chi connectivity index (χ2n) is 4.03. The molecule has 0 aromatic heterocycles. The van der Waals surface area contributed by atoms with E-state index in [-0.39, 0.29) is 36.1 Å². The van der Waals surface area contributed by atoms with E-state index in [0.29, 0.717) is 5.75 Å². The standard InChI is InChI=1S/C15H17NO5/c1-4-6-20-13-8-11(15(18)19)12(16-10(3)17)9-14(13)21-7-5-2/h4-5,8-9H,1-2,6-7H2,3H3,(H,16,17)(H,18,19). The van der Waals surface area contributed by atoms with Gasteiger partial charge in [-0.25, -0.2) is 4.79 Å². The minimum Gasteiger partial charge on any atom is -0.486 e. The minimum atomic E-state index is -1.18. The van der Waals surface area contributed by atoms with E-state index in [1.165, 1.54) is 25.1 Å². The molecule has 1 aromatic rings. The summed E-state index contributed by atoms with van der Waals surface area (Å²) in [5, 5.41) is 11.7. The summed E-state index contributed by atoms with van der Waals surface area (Å²) >= 11 is 0. The molecule has 6 heteroatoms. The first kappa shape index (κ1) is 16.3. The predicted octanol–water partition coefficient (Wildman–Crippen LogP) is 2.47. The van der Waals surface area contributed by atoms with E-state index in [9.17, 15) is 14.7 Å². The van der Waals surface area contributed by atoms with Crippen molar-refractivity contribution in [2.24, 2.45) is 0 Å². The maximum Gasteiger partial charge on any atom is 0.337 e. The number of aromatic carboxylic acids is 1. The zero-order valence-corrected chi connectivity index (χ0v) is 11.7. The van der Waals surface area contributed by atoms with Crippen LogP contribution < -0.4 is 14.8 Å². The van der Waals surface area contributed by atoms with E-state index in [2.05, 4.69) is 18.5 Å². The Morgan fingerprint density at radius 2 is 1.71 bits per heavy atom. The molecule has 0 saturated heterocycles. The third kappa shape index (κ3) is 4.68. The number of carbonyl (C=O) groups is 2. The van der Waals surface area contributed by atoms with Crippen LogP contribution in [0.3, 0.4) is 0 Å². The second kappa shape index (κ2) is 7.74. The van der Waals surface area contributed by atoms with Gasteiger partial charge in [-0.1, -0.05) is 25.3 Å². The second-order valence-corrected chi connectivity index (χ2v) is 4.03. The van der Waals surface area contributed by atoms with Crippen LogP contribution in [0.5, 0.6) is 11.5 Å². The van der Waals surface area contributed by atoms with E-state index in [4.69, 9.17) is 9.47 Å². The Morgan fingerprint density at radius 1 is 1.19 bits per heavy atom. The van der Waals surface area contributed by atoms with Gasteiger partial charge >= 0.3 is 5.97 Å². The monoisotopic (exact) mass is 291 g/mol. The molecular weight excluding hydrogens is 274 g/mol. The van der Waals surface area contributed by atoms with Gasteiger partial charge in [0.2, 0.25) is 5.91 Å². The van der Waals surface area contributed by atoms with Gasteiger partial charge in [0.1, 0.15) is 13.2 Å². The third-order valence-electron chi connectivity index (χ3n) is 2.34. The van der Waals surface area contributed by atoms with Crippen molar-refractivity contribution in [3.63, 3.8) is 0 Å². The predicted molar refractivity (Wildman–Crippen MR) is 79.1 cm³/mol. The topological polar surface area (TPSA) is 84.9 Å². The zero-order valence-electron chi connectivity index (χ0n) is 11.7. The molecule has 2 N–H and O–H groups in total. The largest absolute Gasteiger partial charge is 0.486 e. The first-order chi connectivity index (χ1) is 9.99. The van der Waals surface area contributed by atoms with Crippen molar-refractivity contribution < 1.29 is 24.2 Å². The summed E-state index contributed by atoms with van der Waals surface area (Å²) in [5.41, 5.74) is 0.0511. The van der Waals surface area contributed by atoms with Crippen LogP contribution in [0.1, 0.15) is 17.3 Å². The maximum absolute atomic E-state index is 11.3. The van der Waals surface area contributed by atoms with Crippen molar-refractivity contribution in [3.8, 4) is 11.5 Å². The number of benzene rings is 1. The molecule has 0 spiro atoms. The normalized spacial score (nSPS) is 9.57. The van der Waals surface area contributed by atoms with Crippen molar-refractivity contribution >= 4 is 17.6 Å². The van der Waals surface area contributed by atoms with Crippen molar-refractivity contribution in [2.45, 2.75) is 6.92 Å². The highest BCUT2D eigenvalue weighted by Gasteiger charge is 2.17. The van der Waals surface area contributed by atoms with Crippen LogP contribution in [0, 0.1) is 0 Å². The number of anilines is 1. The number of carbonyl (C=O) groups excluding carboxylic acids is 1.